The van der Waals surface area contributed by atoms with Gasteiger partial charge in [0.1, 0.15) is 5.75 Å². The van der Waals surface area contributed by atoms with Crippen LogP contribution < -0.4 is 10.1 Å². The van der Waals surface area contributed by atoms with Crippen LogP contribution in [0.15, 0.2) is 28.6 Å². The first kappa shape index (κ1) is 18.0. The average molecular weight is 372 g/mol. The van der Waals surface area contributed by atoms with Gasteiger partial charge < -0.3 is 4.74 Å². The first-order chi connectivity index (χ1) is 11.1. The minimum Gasteiger partial charge on any atom is -0.479 e. The molecule has 0 aliphatic carbocycles. The van der Waals surface area contributed by atoms with E-state index in [1.165, 1.54) is 11.3 Å². The summed E-state index contributed by atoms with van der Waals surface area (Å²) in [6, 6.07) is 7.09. The van der Waals surface area contributed by atoms with Crippen molar-refractivity contribution in [3.63, 3.8) is 0 Å². The van der Waals surface area contributed by atoms with Crippen molar-refractivity contribution in [2.24, 2.45) is 0 Å². The summed E-state index contributed by atoms with van der Waals surface area (Å²) in [5, 5.41) is 11.7. The molecule has 0 radical (unpaired) electrons. The zero-order chi connectivity index (χ0) is 16.7. The van der Waals surface area contributed by atoms with Crippen molar-refractivity contribution in [2.75, 3.05) is 11.1 Å². The van der Waals surface area contributed by atoms with Crippen LogP contribution in [0.25, 0.3) is 0 Å². The van der Waals surface area contributed by atoms with Gasteiger partial charge in [0.25, 0.3) is 5.91 Å². The fourth-order valence-electron chi connectivity index (χ4n) is 1.71. The highest BCUT2D eigenvalue weighted by Crippen LogP contribution is 2.27. The van der Waals surface area contributed by atoms with Crippen molar-refractivity contribution < 1.29 is 9.53 Å². The Balaban J connectivity index is 1.97. The molecule has 0 saturated heterocycles. The van der Waals surface area contributed by atoms with E-state index >= 15 is 0 Å². The Morgan fingerprint density at radius 3 is 2.87 bits per heavy atom. The number of para-hydroxylation sites is 1. The number of carbonyl (C=O) groups is 1. The monoisotopic (exact) mass is 371 g/mol. The van der Waals surface area contributed by atoms with Crippen molar-refractivity contribution in [3.8, 4) is 5.75 Å². The molecule has 1 heterocycles. The molecule has 1 aromatic carbocycles. The van der Waals surface area contributed by atoms with E-state index in [2.05, 4.69) is 22.4 Å². The van der Waals surface area contributed by atoms with E-state index in [0.29, 0.717) is 22.3 Å². The molecule has 0 aliphatic heterocycles. The van der Waals surface area contributed by atoms with E-state index in [-0.39, 0.29) is 5.91 Å². The van der Waals surface area contributed by atoms with Crippen LogP contribution in [-0.4, -0.2) is 28.0 Å². The number of nitrogens with zero attached hydrogens (tertiary/aromatic N) is 2. The van der Waals surface area contributed by atoms with Gasteiger partial charge in [-0.2, -0.15) is 0 Å². The molecule has 1 aromatic heterocycles. The lowest BCUT2D eigenvalue weighted by atomic mass is 10.2. The number of aromatic nitrogens is 2. The van der Waals surface area contributed by atoms with E-state index in [1.54, 1.807) is 23.9 Å². The summed E-state index contributed by atoms with van der Waals surface area (Å²) in [6.07, 6.45) is 0.952. The molecule has 23 heavy (non-hydrogen) atoms. The summed E-state index contributed by atoms with van der Waals surface area (Å²) in [4.78, 5) is 12.3. The second kappa shape index (κ2) is 9.10. The first-order valence-electron chi connectivity index (χ1n) is 7.32. The van der Waals surface area contributed by atoms with E-state index in [4.69, 9.17) is 16.3 Å². The maximum atomic E-state index is 12.3. The largest absolute Gasteiger partial charge is 0.479 e. The molecular weight excluding hydrogens is 354 g/mol. The summed E-state index contributed by atoms with van der Waals surface area (Å²) in [7, 11) is 0. The predicted molar refractivity (Wildman–Crippen MR) is 95.7 cm³/mol. The molecule has 1 unspecified atom stereocenters. The first-order valence-corrected chi connectivity index (χ1v) is 9.50. The van der Waals surface area contributed by atoms with Crippen LogP contribution in [0.3, 0.4) is 0 Å². The molecule has 8 heteroatoms. The normalized spacial score (nSPS) is 12.0. The standard InChI is InChI=1S/C15H18ClN3O2S2/c1-3-9-22-15-19-18-14(23-15)17-13(20)11(4-2)21-12-8-6-5-7-10(12)16/h5-8,11H,3-4,9H2,1-2H3,(H,17,18,20). The van der Waals surface area contributed by atoms with Gasteiger partial charge in [-0.1, -0.05) is 60.7 Å². The highest BCUT2D eigenvalue weighted by Gasteiger charge is 2.21. The lowest BCUT2D eigenvalue weighted by Gasteiger charge is -2.17. The lowest BCUT2D eigenvalue weighted by Crippen LogP contribution is -2.32. The summed E-state index contributed by atoms with van der Waals surface area (Å²) in [6.45, 7) is 3.98. The van der Waals surface area contributed by atoms with Crippen LogP contribution in [0.5, 0.6) is 5.75 Å². The van der Waals surface area contributed by atoms with Gasteiger partial charge in [0.15, 0.2) is 10.4 Å². The molecule has 1 atom stereocenters. The number of rotatable bonds is 8. The molecule has 0 fully saturated rings. The van der Waals surface area contributed by atoms with Gasteiger partial charge >= 0.3 is 0 Å². The lowest BCUT2D eigenvalue weighted by molar-refractivity contribution is -0.122. The molecule has 1 N–H and O–H groups in total. The molecule has 2 aromatic rings. The summed E-state index contributed by atoms with van der Waals surface area (Å²) < 4.78 is 6.56. The third-order valence-corrected chi connectivity index (χ3v) is 5.33. The molecule has 0 bridgehead atoms. The zero-order valence-electron chi connectivity index (χ0n) is 12.9. The van der Waals surface area contributed by atoms with E-state index in [0.717, 1.165) is 16.5 Å². The number of hydrogen-bond donors (Lipinski definition) is 1. The summed E-state index contributed by atoms with van der Waals surface area (Å²) in [5.41, 5.74) is 0. The van der Waals surface area contributed by atoms with Crippen molar-refractivity contribution >= 4 is 45.7 Å². The maximum Gasteiger partial charge on any atom is 0.267 e. The van der Waals surface area contributed by atoms with Crippen LogP contribution in [0, 0.1) is 0 Å². The van der Waals surface area contributed by atoms with E-state index < -0.39 is 6.10 Å². The predicted octanol–water partition coefficient (Wildman–Crippen LogP) is 4.49. The zero-order valence-corrected chi connectivity index (χ0v) is 15.3. The molecule has 5 nitrogen and oxygen atoms in total. The number of benzene rings is 1. The quantitative estimate of drug-likeness (QED) is 0.547. The molecule has 0 spiro atoms. The minimum atomic E-state index is -0.634. The third-order valence-electron chi connectivity index (χ3n) is 2.84. The van der Waals surface area contributed by atoms with Gasteiger partial charge in [0, 0.05) is 5.75 Å². The minimum absolute atomic E-state index is 0.254. The van der Waals surface area contributed by atoms with Crippen molar-refractivity contribution in [3.05, 3.63) is 29.3 Å². The van der Waals surface area contributed by atoms with Crippen LogP contribution in [0.1, 0.15) is 26.7 Å². The van der Waals surface area contributed by atoms with Crippen molar-refractivity contribution in [2.45, 2.75) is 37.1 Å². The topological polar surface area (TPSA) is 64.1 Å². The SMILES string of the molecule is CCCSc1nnc(NC(=O)C(CC)Oc2ccccc2Cl)s1. The second-order valence-electron chi connectivity index (χ2n) is 4.66. The smallest absolute Gasteiger partial charge is 0.267 e. The molecular formula is C15H18ClN3O2S2. The highest BCUT2D eigenvalue weighted by atomic mass is 35.5. The highest BCUT2D eigenvalue weighted by molar-refractivity contribution is 8.01. The Bertz CT molecular complexity index is 651. The molecule has 124 valence electrons. The number of carbonyl (C=O) groups excluding carboxylic acids is 1. The number of hydrogen-bond acceptors (Lipinski definition) is 6. The third kappa shape index (κ3) is 5.37. The number of anilines is 1. The number of nitrogens with one attached hydrogen (secondary N) is 1. The fraction of sp³-hybridized carbons (Fsp3) is 0.400. The Labute approximate surface area is 148 Å². The Morgan fingerprint density at radius 1 is 1.39 bits per heavy atom. The van der Waals surface area contributed by atoms with Gasteiger partial charge in [0.05, 0.1) is 5.02 Å². The molecule has 0 aliphatic rings. The number of thioether (sulfide) groups is 1. The maximum absolute atomic E-state index is 12.3. The van der Waals surface area contributed by atoms with Gasteiger partial charge in [-0.25, -0.2) is 0 Å². The van der Waals surface area contributed by atoms with Crippen LogP contribution in [0.2, 0.25) is 5.02 Å². The van der Waals surface area contributed by atoms with Crippen LogP contribution in [0.4, 0.5) is 5.13 Å². The van der Waals surface area contributed by atoms with Crippen molar-refractivity contribution in [1.29, 1.82) is 0 Å². The Morgan fingerprint density at radius 2 is 2.17 bits per heavy atom. The van der Waals surface area contributed by atoms with Gasteiger partial charge in [-0.3, -0.25) is 10.1 Å². The summed E-state index contributed by atoms with van der Waals surface area (Å²) >= 11 is 9.06. The second-order valence-corrected chi connectivity index (χ2v) is 7.38. The summed E-state index contributed by atoms with van der Waals surface area (Å²) in [5.74, 6) is 1.22. The van der Waals surface area contributed by atoms with E-state index in [9.17, 15) is 4.79 Å². The van der Waals surface area contributed by atoms with Crippen molar-refractivity contribution in [1.82, 2.24) is 10.2 Å². The fourth-order valence-corrected chi connectivity index (χ4v) is 3.57. The van der Waals surface area contributed by atoms with Gasteiger partial charge in [-0.15, -0.1) is 10.2 Å². The molecule has 1 amide bonds. The van der Waals surface area contributed by atoms with Crippen LogP contribution in [-0.2, 0) is 4.79 Å². The van der Waals surface area contributed by atoms with Gasteiger partial charge in [0.2, 0.25) is 5.13 Å². The average Bonchev–Trinajstić information content (AvgIpc) is 2.99. The Kier molecular flexibility index (Phi) is 7.14. The number of ether oxygens (including phenoxy) is 1. The van der Waals surface area contributed by atoms with E-state index in [1.807, 2.05) is 19.1 Å². The van der Waals surface area contributed by atoms with Gasteiger partial charge in [-0.05, 0) is 25.0 Å². The number of amides is 1. The van der Waals surface area contributed by atoms with Crippen LogP contribution >= 0.6 is 34.7 Å². The molecule has 2 rings (SSSR count). The molecule has 0 saturated carbocycles. The Hall–Kier alpha value is -1.31. The number of halogens is 1.